The van der Waals surface area contributed by atoms with Crippen LogP contribution in [0.3, 0.4) is 0 Å². The van der Waals surface area contributed by atoms with Crippen LogP contribution in [0.25, 0.3) is 11.5 Å². The molecule has 0 fully saturated rings. The van der Waals surface area contributed by atoms with Gasteiger partial charge in [0.1, 0.15) is 11.8 Å². The molecule has 0 aliphatic heterocycles. The summed E-state index contributed by atoms with van der Waals surface area (Å²) >= 11 is 1.11. The molecule has 2 N–H and O–H groups in total. The summed E-state index contributed by atoms with van der Waals surface area (Å²) in [6.45, 7) is 4.19. The summed E-state index contributed by atoms with van der Waals surface area (Å²) in [6, 6.07) is 6.62. The second-order valence-corrected chi connectivity index (χ2v) is 6.40. The fourth-order valence-electron chi connectivity index (χ4n) is 2.00. The van der Waals surface area contributed by atoms with E-state index in [9.17, 15) is 9.59 Å². The molecule has 0 saturated carbocycles. The van der Waals surface area contributed by atoms with Crippen LogP contribution in [0.2, 0.25) is 0 Å². The van der Waals surface area contributed by atoms with E-state index in [0.29, 0.717) is 12.4 Å². The number of carbonyl (C=O) groups excluding carboxylic acids is 2. The van der Waals surface area contributed by atoms with Crippen LogP contribution in [0, 0.1) is 0 Å². The summed E-state index contributed by atoms with van der Waals surface area (Å²) in [6.07, 6.45) is 0.843. The Morgan fingerprint density at radius 1 is 1.27 bits per heavy atom. The topological polar surface area (TPSA) is 106 Å². The van der Waals surface area contributed by atoms with E-state index in [1.165, 1.54) is 0 Å². The van der Waals surface area contributed by atoms with E-state index in [0.717, 1.165) is 29.5 Å². The van der Waals surface area contributed by atoms with Crippen molar-refractivity contribution in [1.82, 2.24) is 20.8 Å². The van der Waals surface area contributed by atoms with Crippen molar-refractivity contribution in [2.45, 2.75) is 31.5 Å². The zero-order valence-corrected chi connectivity index (χ0v) is 15.8. The predicted octanol–water partition coefficient (Wildman–Crippen LogP) is 1.87. The van der Waals surface area contributed by atoms with Crippen LogP contribution in [0.4, 0.5) is 0 Å². The lowest BCUT2D eigenvalue weighted by Gasteiger charge is -2.13. The zero-order chi connectivity index (χ0) is 18.9. The van der Waals surface area contributed by atoms with Gasteiger partial charge < -0.3 is 19.8 Å². The molecule has 8 nitrogen and oxygen atoms in total. The van der Waals surface area contributed by atoms with Crippen molar-refractivity contribution in [3.05, 3.63) is 24.3 Å². The first kappa shape index (κ1) is 19.8. The number of nitrogens with one attached hydrogen (secondary N) is 2. The second kappa shape index (κ2) is 9.81. The van der Waals surface area contributed by atoms with Crippen molar-refractivity contribution < 1.29 is 18.7 Å². The van der Waals surface area contributed by atoms with Crippen molar-refractivity contribution in [1.29, 1.82) is 0 Å². The molecule has 2 aromatic rings. The Labute approximate surface area is 156 Å². The molecule has 9 heteroatoms. The van der Waals surface area contributed by atoms with Gasteiger partial charge in [-0.2, -0.15) is 0 Å². The highest BCUT2D eigenvalue weighted by molar-refractivity contribution is 7.99. The van der Waals surface area contributed by atoms with Crippen molar-refractivity contribution >= 4 is 23.6 Å². The number of benzene rings is 1. The molecule has 0 bridgehead atoms. The van der Waals surface area contributed by atoms with Crippen molar-refractivity contribution in [3.8, 4) is 17.2 Å². The van der Waals surface area contributed by atoms with Crippen LogP contribution in [-0.4, -0.2) is 47.5 Å². The summed E-state index contributed by atoms with van der Waals surface area (Å²) < 4.78 is 10.6. The van der Waals surface area contributed by atoms with Gasteiger partial charge in [0.15, 0.2) is 0 Å². The van der Waals surface area contributed by atoms with Crippen LogP contribution in [-0.2, 0) is 9.59 Å². The van der Waals surface area contributed by atoms with E-state index in [1.54, 1.807) is 26.2 Å². The molecule has 0 aliphatic rings. The van der Waals surface area contributed by atoms with Gasteiger partial charge in [0, 0.05) is 12.1 Å². The van der Waals surface area contributed by atoms with Gasteiger partial charge in [-0.05, 0) is 37.6 Å². The SMILES string of the molecule is CCCNC(=O)C(C)NC(=O)CSc1nnc(-c2ccc(OC)cc2)o1. The minimum Gasteiger partial charge on any atom is -0.497 e. The third-order valence-electron chi connectivity index (χ3n) is 3.39. The molecular weight excluding hydrogens is 356 g/mol. The second-order valence-electron chi connectivity index (χ2n) is 5.47. The van der Waals surface area contributed by atoms with E-state index in [2.05, 4.69) is 20.8 Å². The maximum Gasteiger partial charge on any atom is 0.277 e. The molecule has 2 amide bonds. The van der Waals surface area contributed by atoms with Gasteiger partial charge >= 0.3 is 0 Å². The Bertz CT molecular complexity index is 733. The summed E-state index contributed by atoms with van der Waals surface area (Å²) in [5.41, 5.74) is 0.760. The first-order valence-electron chi connectivity index (χ1n) is 8.21. The largest absolute Gasteiger partial charge is 0.497 e. The molecule has 0 aliphatic carbocycles. The highest BCUT2D eigenvalue weighted by atomic mass is 32.2. The number of nitrogens with zero attached hydrogens (tertiary/aromatic N) is 2. The van der Waals surface area contributed by atoms with Gasteiger partial charge in [0.05, 0.1) is 12.9 Å². The van der Waals surface area contributed by atoms with E-state index >= 15 is 0 Å². The van der Waals surface area contributed by atoms with Crippen molar-refractivity contribution in [2.24, 2.45) is 0 Å². The first-order chi connectivity index (χ1) is 12.5. The van der Waals surface area contributed by atoms with Gasteiger partial charge in [-0.3, -0.25) is 9.59 Å². The highest BCUT2D eigenvalue weighted by Gasteiger charge is 2.16. The van der Waals surface area contributed by atoms with E-state index in [-0.39, 0.29) is 22.8 Å². The molecule has 1 atom stereocenters. The van der Waals surface area contributed by atoms with Gasteiger partial charge in [-0.1, -0.05) is 18.7 Å². The maximum atomic E-state index is 11.9. The molecule has 0 saturated heterocycles. The lowest BCUT2D eigenvalue weighted by atomic mass is 10.2. The smallest absolute Gasteiger partial charge is 0.277 e. The zero-order valence-electron chi connectivity index (χ0n) is 14.9. The number of hydrogen-bond acceptors (Lipinski definition) is 7. The Kier molecular flexibility index (Phi) is 7.46. The number of thioether (sulfide) groups is 1. The molecular formula is C17H22N4O4S. The third-order valence-corrected chi connectivity index (χ3v) is 4.21. The van der Waals surface area contributed by atoms with Crippen molar-refractivity contribution in [2.75, 3.05) is 19.4 Å². The predicted molar refractivity (Wildman–Crippen MR) is 97.9 cm³/mol. The fourth-order valence-corrected chi connectivity index (χ4v) is 2.57. The molecule has 1 unspecified atom stereocenters. The minimum atomic E-state index is -0.591. The number of aromatic nitrogens is 2. The van der Waals surface area contributed by atoms with Gasteiger partial charge in [0.2, 0.25) is 17.7 Å². The van der Waals surface area contributed by atoms with E-state index in [1.807, 2.05) is 19.1 Å². The number of ether oxygens (including phenoxy) is 1. The van der Waals surface area contributed by atoms with Crippen LogP contribution in [0.15, 0.2) is 33.9 Å². The summed E-state index contributed by atoms with van der Waals surface area (Å²) in [5, 5.41) is 13.5. The van der Waals surface area contributed by atoms with E-state index < -0.39 is 6.04 Å². The molecule has 1 aromatic heterocycles. The molecule has 140 valence electrons. The molecule has 0 spiro atoms. The van der Waals surface area contributed by atoms with Crippen molar-refractivity contribution in [3.63, 3.8) is 0 Å². The Balaban J connectivity index is 1.83. The highest BCUT2D eigenvalue weighted by Crippen LogP contribution is 2.24. The van der Waals surface area contributed by atoms with Gasteiger partial charge in [0.25, 0.3) is 5.22 Å². The standard InChI is InChI=1S/C17H22N4O4S/c1-4-9-18-15(23)11(2)19-14(22)10-26-17-21-20-16(25-17)12-5-7-13(24-3)8-6-12/h5-8,11H,4,9-10H2,1-3H3,(H,18,23)(H,19,22). The fraction of sp³-hybridized carbons (Fsp3) is 0.412. The average Bonchev–Trinajstić information content (AvgIpc) is 3.13. The normalized spacial score (nSPS) is 11.7. The van der Waals surface area contributed by atoms with Crippen LogP contribution >= 0.6 is 11.8 Å². The number of amides is 2. The van der Waals surface area contributed by atoms with Crippen LogP contribution in [0.1, 0.15) is 20.3 Å². The van der Waals surface area contributed by atoms with Gasteiger partial charge in [-0.15, -0.1) is 10.2 Å². The number of carbonyl (C=O) groups is 2. The quantitative estimate of drug-likeness (QED) is 0.642. The monoisotopic (exact) mass is 378 g/mol. The Morgan fingerprint density at radius 2 is 2.00 bits per heavy atom. The summed E-state index contributed by atoms with van der Waals surface area (Å²) in [7, 11) is 1.59. The van der Waals surface area contributed by atoms with E-state index in [4.69, 9.17) is 9.15 Å². The molecule has 1 aromatic carbocycles. The van der Waals surface area contributed by atoms with Crippen LogP contribution < -0.4 is 15.4 Å². The summed E-state index contributed by atoms with van der Waals surface area (Å²) in [5.74, 6) is 0.693. The Hall–Kier alpha value is -2.55. The lowest BCUT2D eigenvalue weighted by molar-refractivity contribution is -0.127. The molecule has 2 rings (SSSR count). The van der Waals surface area contributed by atoms with Crippen LogP contribution in [0.5, 0.6) is 5.75 Å². The minimum absolute atomic E-state index is 0.0790. The number of rotatable bonds is 9. The maximum absolute atomic E-state index is 11.9. The number of hydrogen-bond donors (Lipinski definition) is 2. The molecule has 0 radical (unpaired) electrons. The Morgan fingerprint density at radius 3 is 2.65 bits per heavy atom. The number of methoxy groups -OCH3 is 1. The third kappa shape index (κ3) is 5.76. The first-order valence-corrected chi connectivity index (χ1v) is 9.19. The summed E-state index contributed by atoms with van der Waals surface area (Å²) in [4.78, 5) is 23.7. The van der Waals surface area contributed by atoms with Gasteiger partial charge in [-0.25, -0.2) is 0 Å². The lowest BCUT2D eigenvalue weighted by Crippen LogP contribution is -2.45. The molecule has 1 heterocycles. The average molecular weight is 378 g/mol. The molecule has 26 heavy (non-hydrogen) atoms.